The Kier molecular flexibility index (Phi) is 5.58. The molecular weight excluding hydrogens is 385 g/mol. The number of phosphoric ester groups is 1. The first-order chi connectivity index (χ1) is 12.8. The monoisotopic (exact) mass is 403 g/mol. The van der Waals surface area contributed by atoms with Gasteiger partial charge in [0.1, 0.15) is 6.23 Å². The second-order valence-electron chi connectivity index (χ2n) is 5.68. The second kappa shape index (κ2) is 7.74. The number of imidazole rings is 1. The van der Waals surface area contributed by atoms with Crippen molar-refractivity contribution in [3.05, 3.63) is 16.7 Å². The van der Waals surface area contributed by atoms with E-state index < -0.39 is 38.3 Å². The van der Waals surface area contributed by atoms with Gasteiger partial charge in [-0.2, -0.15) is 4.98 Å². The molecule has 1 unspecified atom stereocenters. The molecule has 1 fully saturated rings. The first-order valence-corrected chi connectivity index (χ1v) is 9.35. The van der Waals surface area contributed by atoms with Crippen LogP contribution in [-0.4, -0.2) is 56.8 Å². The molecular formula is C13H18N5O8P. The molecule has 3 rings (SSSR count). The number of anilines is 1. The van der Waals surface area contributed by atoms with Gasteiger partial charge in [0, 0.05) is 0 Å². The van der Waals surface area contributed by atoms with Crippen LogP contribution < -0.4 is 11.3 Å². The molecule has 1 saturated heterocycles. The van der Waals surface area contributed by atoms with E-state index in [2.05, 4.69) is 24.2 Å². The van der Waals surface area contributed by atoms with Gasteiger partial charge >= 0.3 is 13.8 Å². The van der Waals surface area contributed by atoms with E-state index in [9.17, 15) is 19.0 Å². The van der Waals surface area contributed by atoms with E-state index in [4.69, 9.17) is 15.0 Å². The van der Waals surface area contributed by atoms with E-state index in [0.717, 1.165) is 7.11 Å². The number of aromatic nitrogens is 4. The van der Waals surface area contributed by atoms with Gasteiger partial charge < -0.3 is 20.1 Å². The van der Waals surface area contributed by atoms with Crippen LogP contribution in [0.15, 0.2) is 11.1 Å². The molecule has 0 aromatic carbocycles. The fourth-order valence-corrected chi connectivity index (χ4v) is 3.27. The van der Waals surface area contributed by atoms with E-state index in [1.807, 2.05) is 0 Å². The van der Waals surface area contributed by atoms with Gasteiger partial charge in [-0.15, -0.1) is 0 Å². The number of rotatable bonds is 7. The molecule has 0 aliphatic carbocycles. The van der Waals surface area contributed by atoms with Gasteiger partial charge in [-0.25, -0.2) is 14.3 Å². The third kappa shape index (κ3) is 4.51. The Morgan fingerprint density at radius 2 is 2.30 bits per heavy atom. The van der Waals surface area contributed by atoms with Gasteiger partial charge in [0.25, 0.3) is 5.56 Å². The van der Waals surface area contributed by atoms with Crippen LogP contribution in [0.3, 0.4) is 0 Å². The average molecular weight is 403 g/mol. The fraction of sp³-hybridized carbons (Fsp3) is 0.538. The smallest absolute Gasteiger partial charge is 0.467 e. The minimum Gasteiger partial charge on any atom is -0.467 e. The molecule has 14 heteroatoms. The van der Waals surface area contributed by atoms with Gasteiger partial charge in [-0.05, 0) is 12.8 Å². The van der Waals surface area contributed by atoms with Crippen LogP contribution in [0.2, 0.25) is 0 Å². The van der Waals surface area contributed by atoms with Crippen LogP contribution >= 0.6 is 7.82 Å². The molecule has 0 saturated carbocycles. The van der Waals surface area contributed by atoms with Crippen LogP contribution in [0, 0.1) is 0 Å². The summed E-state index contributed by atoms with van der Waals surface area (Å²) in [4.78, 5) is 42.7. The van der Waals surface area contributed by atoms with Crippen LogP contribution in [-0.2, 0) is 27.9 Å². The van der Waals surface area contributed by atoms with Gasteiger partial charge in [0.2, 0.25) is 5.95 Å². The number of H-pyrrole nitrogens is 1. The summed E-state index contributed by atoms with van der Waals surface area (Å²) in [6.07, 6.45) is 1.46. The van der Waals surface area contributed by atoms with E-state index in [1.54, 1.807) is 4.57 Å². The first kappa shape index (κ1) is 19.5. The Bertz CT molecular complexity index is 942. The highest BCUT2D eigenvalue weighted by molar-refractivity contribution is 7.47. The number of aromatic amines is 1. The summed E-state index contributed by atoms with van der Waals surface area (Å²) >= 11 is 0. The Hall–Kier alpha value is -2.31. The molecule has 13 nitrogen and oxygen atoms in total. The standard InChI is InChI=1S/C13H18N5O8P/c1-23-9(19)5-25-27(21,22)24-4-7-2-3-8(26-7)18-6-15-10-11(18)16-13(14)17-12(10)20/h6-8H,2-5H2,1H3,(H,21,22)(H3,14,16,17,20)/t7-,8+/m0/s1. The third-order valence-corrected chi connectivity index (χ3v) is 4.77. The van der Waals surface area contributed by atoms with E-state index in [1.165, 1.54) is 6.33 Å². The van der Waals surface area contributed by atoms with Crippen LogP contribution in [0.25, 0.3) is 11.2 Å². The normalized spacial score (nSPS) is 22.0. The maximum atomic E-state index is 11.8. The third-order valence-electron chi connectivity index (χ3n) is 3.84. The lowest BCUT2D eigenvalue weighted by molar-refractivity contribution is -0.143. The first-order valence-electron chi connectivity index (χ1n) is 7.85. The minimum atomic E-state index is -4.42. The number of nitrogens with one attached hydrogen (secondary N) is 1. The van der Waals surface area contributed by atoms with Gasteiger partial charge in [0.05, 0.1) is 26.1 Å². The molecule has 1 aliphatic heterocycles. The highest BCUT2D eigenvalue weighted by atomic mass is 31.2. The lowest BCUT2D eigenvalue weighted by Crippen LogP contribution is -2.18. The average Bonchev–Trinajstić information content (AvgIpc) is 3.24. The largest absolute Gasteiger partial charge is 0.472 e. The summed E-state index contributed by atoms with van der Waals surface area (Å²) in [5, 5.41) is 0. The summed E-state index contributed by atoms with van der Waals surface area (Å²) < 4.78 is 32.7. The Labute approximate surface area is 152 Å². The predicted molar refractivity (Wildman–Crippen MR) is 89.5 cm³/mol. The summed E-state index contributed by atoms with van der Waals surface area (Å²) in [5.41, 5.74) is 5.50. The zero-order valence-electron chi connectivity index (χ0n) is 14.2. The summed E-state index contributed by atoms with van der Waals surface area (Å²) in [7, 11) is -3.30. The molecule has 0 bridgehead atoms. The number of hydrogen-bond acceptors (Lipinski definition) is 10. The fourth-order valence-electron chi connectivity index (χ4n) is 2.58. The highest BCUT2D eigenvalue weighted by Crippen LogP contribution is 2.44. The highest BCUT2D eigenvalue weighted by Gasteiger charge is 2.31. The molecule has 27 heavy (non-hydrogen) atoms. The number of esters is 1. The maximum Gasteiger partial charge on any atom is 0.472 e. The number of ether oxygens (including phenoxy) is 2. The Morgan fingerprint density at radius 3 is 3.04 bits per heavy atom. The predicted octanol–water partition coefficient (Wildman–Crippen LogP) is -0.314. The summed E-state index contributed by atoms with van der Waals surface area (Å²) in [5.74, 6) is -0.852. The number of hydrogen-bond donors (Lipinski definition) is 3. The molecule has 0 amide bonds. The quantitative estimate of drug-likeness (QED) is 0.407. The zero-order valence-corrected chi connectivity index (χ0v) is 15.1. The summed E-state index contributed by atoms with van der Waals surface area (Å²) in [6, 6.07) is 0. The molecule has 0 radical (unpaired) electrons. The van der Waals surface area contributed by atoms with E-state index >= 15 is 0 Å². The van der Waals surface area contributed by atoms with Crippen molar-refractivity contribution in [3.8, 4) is 0 Å². The van der Waals surface area contributed by atoms with Crippen LogP contribution in [0.5, 0.6) is 0 Å². The number of nitrogen functional groups attached to an aromatic ring is 1. The number of carbonyl (C=O) groups is 1. The lowest BCUT2D eigenvalue weighted by Gasteiger charge is -2.17. The van der Waals surface area contributed by atoms with Crippen LogP contribution in [0.4, 0.5) is 5.95 Å². The molecule has 3 atom stereocenters. The van der Waals surface area contributed by atoms with Crippen molar-refractivity contribution >= 4 is 30.9 Å². The van der Waals surface area contributed by atoms with Crippen molar-refractivity contribution in [2.45, 2.75) is 25.2 Å². The Morgan fingerprint density at radius 1 is 1.52 bits per heavy atom. The van der Waals surface area contributed by atoms with Crippen molar-refractivity contribution in [3.63, 3.8) is 0 Å². The molecule has 4 N–H and O–H groups in total. The molecule has 2 aromatic heterocycles. The molecule has 3 heterocycles. The molecule has 0 spiro atoms. The number of nitrogens with zero attached hydrogens (tertiary/aromatic N) is 3. The van der Waals surface area contributed by atoms with Gasteiger partial charge in [-0.1, -0.05) is 0 Å². The number of fused-ring (bicyclic) bond motifs is 1. The van der Waals surface area contributed by atoms with Crippen LogP contribution in [0.1, 0.15) is 19.1 Å². The van der Waals surface area contributed by atoms with Gasteiger partial charge in [-0.3, -0.25) is 23.4 Å². The minimum absolute atomic E-state index is 0.0453. The van der Waals surface area contributed by atoms with E-state index in [0.29, 0.717) is 12.8 Å². The van der Waals surface area contributed by atoms with Crippen molar-refractivity contribution < 1.29 is 32.8 Å². The summed E-state index contributed by atoms with van der Waals surface area (Å²) in [6.45, 7) is -0.935. The van der Waals surface area contributed by atoms with Crippen molar-refractivity contribution in [2.24, 2.45) is 0 Å². The molecule has 2 aromatic rings. The molecule has 1 aliphatic rings. The zero-order chi connectivity index (χ0) is 19.6. The van der Waals surface area contributed by atoms with E-state index in [-0.39, 0.29) is 23.7 Å². The number of nitrogens with two attached hydrogens (primary N) is 1. The maximum absolute atomic E-state index is 11.8. The SMILES string of the molecule is COC(=O)COP(=O)(O)OC[C@@H]1CC[C@H](n2cnc3c(=O)[nH]c(N)nc32)O1. The second-order valence-corrected chi connectivity index (χ2v) is 7.13. The van der Waals surface area contributed by atoms with Gasteiger partial charge in [0.15, 0.2) is 17.8 Å². The number of methoxy groups -OCH3 is 1. The molecule has 148 valence electrons. The van der Waals surface area contributed by atoms with Crippen molar-refractivity contribution in [1.82, 2.24) is 19.5 Å². The number of carbonyl (C=O) groups excluding carboxylic acids is 1. The Balaban J connectivity index is 1.60. The lowest BCUT2D eigenvalue weighted by atomic mass is 10.2. The van der Waals surface area contributed by atoms with Crippen molar-refractivity contribution in [1.29, 1.82) is 0 Å². The number of phosphoric acid groups is 1. The van der Waals surface area contributed by atoms with Crippen molar-refractivity contribution in [2.75, 3.05) is 26.1 Å². The topological polar surface area (TPSA) is 181 Å².